The maximum Gasteiger partial charge on any atom is 0.328 e. The number of rotatable bonds is 14. The second-order valence-corrected chi connectivity index (χ2v) is 11.9. The molecule has 0 unspecified atom stereocenters. The van der Waals surface area contributed by atoms with Crippen LogP contribution in [0.15, 0.2) is 42.5 Å². The zero-order valence-corrected chi connectivity index (χ0v) is 23.3. The van der Waals surface area contributed by atoms with E-state index in [9.17, 15) is 22.8 Å². The van der Waals surface area contributed by atoms with E-state index < -0.39 is 33.3 Å². The van der Waals surface area contributed by atoms with Crippen LogP contribution in [0.1, 0.15) is 61.8 Å². The van der Waals surface area contributed by atoms with Crippen molar-refractivity contribution < 1.29 is 32.1 Å². The number of carbonyl (C=O) groups is 3. The van der Waals surface area contributed by atoms with Crippen LogP contribution in [-0.2, 0) is 36.3 Å². The van der Waals surface area contributed by atoms with Crippen molar-refractivity contribution >= 4 is 27.8 Å². The Kier molecular flexibility index (Phi) is 11.2. The number of aryl methyl sites for hydroxylation is 2. The first-order valence-corrected chi connectivity index (χ1v) is 14.2. The SMILES string of the molecule is Cc1cc(C)c(C(C)(C)CC(=O)NCC(=O)CCCCS(=O)(=O)O)c(OC(=O)[C@@H](N)Cc2ccccc2)c1. The van der Waals surface area contributed by atoms with Gasteiger partial charge in [-0.1, -0.05) is 50.2 Å². The molecule has 4 N–H and O–H groups in total. The Hall–Kier alpha value is -3.08. The predicted molar refractivity (Wildman–Crippen MR) is 146 cm³/mol. The molecule has 0 spiro atoms. The number of hydrogen-bond donors (Lipinski definition) is 3. The van der Waals surface area contributed by atoms with Crippen molar-refractivity contribution in [1.29, 1.82) is 0 Å². The Morgan fingerprint density at radius 3 is 2.37 bits per heavy atom. The zero-order valence-electron chi connectivity index (χ0n) is 22.5. The lowest BCUT2D eigenvalue weighted by atomic mass is 9.78. The van der Waals surface area contributed by atoms with Gasteiger partial charge in [-0.05, 0) is 55.9 Å². The largest absolute Gasteiger partial charge is 0.425 e. The summed E-state index contributed by atoms with van der Waals surface area (Å²) in [5.41, 5.74) is 8.77. The molecule has 1 atom stereocenters. The maximum atomic E-state index is 12.9. The van der Waals surface area contributed by atoms with E-state index in [1.165, 1.54) is 0 Å². The minimum Gasteiger partial charge on any atom is -0.425 e. The molecule has 9 nitrogen and oxygen atoms in total. The molecule has 0 aliphatic rings. The molecule has 2 aromatic rings. The highest BCUT2D eigenvalue weighted by molar-refractivity contribution is 7.85. The van der Waals surface area contributed by atoms with E-state index in [0.29, 0.717) is 24.2 Å². The number of benzene rings is 2. The Morgan fingerprint density at radius 2 is 1.74 bits per heavy atom. The molecule has 0 aromatic heterocycles. The average Bonchev–Trinajstić information content (AvgIpc) is 2.79. The van der Waals surface area contributed by atoms with Gasteiger partial charge >= 0.3 is 5.97 Å². The van der Waals surface area contributed by atoms with Gasteiger partial charge in [0.05, 0.1) is 12.3 Å². The zero-order chi connectivity index (χ0) is 28.5. The number of ether oxygens (including phenoxy) is 1. The predicted octanol–water partition coefficient (Wildman–Crippen LogP) is 3.19. The molecule has 0 aliphatic heterocycles. The standard InChI is InChI=1S/C28H38N2O7S/c1-19-14-20(2)26(24(15-19)37-27(33)23(29)16-21-10-6-5-7-11-21)28(3,4)17-25(32)30-18-22(31)12-8-9-13-38(34,35)36/h5-7,10-11,14-15,23H,8-9,12-13,16-18,29H2,1-4H3,(H,30,32)(H,34,35,36)/t23-/m0/s1. The molecule has 2 aromatic carbocycles. The van der Waals surface area contributed by atoms with Crippen molar-refractivity contribution in [3.63, 3.8) is 0 Å². The summed E-state index contributed by atoms with van der Waals surface area (Å²) in [6.07, 6.45) is 0.918. The summed E-state index contributed by atoms with van der Waals surface area (Å²) < 4.78 is 36.0. The second kappa shape index (κ2) is 13.6. The van der Waals surface area contributed by atoms with Crippen LogP contribution in [0.2, 0.25) is 0 Å². The van der Waals surface area contributed by atoms with Crippen LogP contribution in [0.25, 0.3) is 0 Å². The number of Topliss-reactive ketones (excluding diaryl/α,β-unsaturated/α-hetero) is 1. The molecule has 38 heavy (non-hydrogen) atoms. The van der Waals surface area contributed by atoms with Crippen LogP contribution in [-0.4, -0.2) is 49.0 Å². The molecule has 0 saturated carbocycles. The Morgan fingerprint density at radius 1 is 1.08 bits per heavy atom. The number of nitrogens with two attached hydrogens (primary N) is 1. The van der Waals surface area contributed by atoms with E-state index in [2.05, 4.69) is 5.32 Å². The number of unbranched alkanes of at least 4 members (excludes halogenated alkanes) is 1. The lowest BCUT2D eigenvalue weighted by Gasteiger charge is -2.29. The summed E-state index contributed by atoms with van der Waals surface area (Å²) >= 11 is 0. The van der Waals surface area contributed by atoms with E-state index >= 15 is 0 Å². The summed E-state index contributed by atoms with van der Waals surface area (Å²) in [6, 6.07) is 12.3. The summed E-state index contributed by atoms with van der Waals surface area (Å²) in [6.45, 7) is 7.33. The summed E-state index contributed by atoms with van der Waals surface area (Å²) in [5, 5.41) is 2.62. The van der Waals surface area contributed by atoms with Crippen molar-refractivity contribution in [3.8, 4) is 5.75 Å². The number of esters is 1. The molecule has 10 heteroatoms. The average molecular weight is 547 g/mol. The fourth-order valence-corrected chi connectivity index (χ4v) is 5.03. The van der Waals surface area contributed by atoms with Gasteiger partial charge in [-0.3, -0.25) is 14.1 Å². The highest BCUT2D eigenvalue weighted by Crippen LogP contribution is 2.38. The summed E-state index contributed by atoms with van der Waals surface area (Å²) in [5.74, 6) is -1.20. The number of nitrogens with one attached hydrogen (secondary N) is 1. The van der Waals surface area contributed by atoms with E-state index in [1.54, 1.807) is 6.07 Å². The van der Waals surface area contributed by atoms with Crippen molar-refractivity contribution in [1.82, 2.24) is 5.32 Å². The Balaban J connectivity index is 2.04. The van der Waals surface area contributed by atoms with Crippen LogP contribution in [0, 0.1) is 13.8 Å². The van der Waals surface area contributed by atoms with Crippen LogP contribution in [0.4, 0.5) is 0 Å². The van der Waals surface area contributed by atoms with Crippen LogP contribution < -0.4 is 15.8 Å². The smallest absolute Gasteiger partial charge is 0.328 e. The van der Waals surface area contributed by atoms with Gasteiger partial charge in [0.2, 0.25) is 5.91 Å². The minimum atomic E-state index is -4.05. The molecule has 0 fully saturated rings. The lowest BCUT2D eigenvalue weighted by molar-refractivity contribution is -0.135. The highest BCUT2D eigenvalue weighted by Gasteiger charge is 2.31. The van der Waals surface area contributed by atoms with Crippen LogP contribution in [0.3, 0.4) is 0 Å². The molecule has 0 radical (unpaired) electrons. The molecule has 0 bridgehead atoms. The monoisotopic (exact) mass is 546 g/mol. The van der Waals surface area contributed by atoms with Gasteiger partial charge in [-0.15, -0.1) is 0 Å². The van der Waals surface area contributed by atoms with Gasteiger partial charge in [0, 0.05) is 23.8 Å². The minimum absolute atomic E-state index is 0.0353. The van der Waals surface area contributed by atoms with E-state index in [0.717, 1.165) is 16.7 Å². The quantitative estimate of drug-likeness (QED) is 0.141. The first-order chi connectivity index (χ1) is 17.7. The van der Waals surface area contributed by atoms with Gasteiger partial charge in [-0.2, -0.15) is 8.42 Å². The number of ketones is 1. The van der Waals surface area contributed by atoms with Crippen molar-refractivity contribution in [2.24, 2.45) is 5.73 Å². The molecule has 208 valence electrons. The van der Waals surface area contributed by atoms with Crippen LogP contribution >= 0.6 is 0 Å². The third kappa shape index (κ3) is 10.4. The van der Waals surface area contributed by atoms with Gasteiger partial charge in [0.25, 0.3) is 10.1 Å². The second-order valence-electron chi connectivity index (χ2n) is 10.3. The third-order valence-electron chi connectivity index (χ3n) is 6.13. The maximum absolute atomic E-state index is 12.9. The van der Waals surface area contributed by atoms with E-state index in [-0.39, 0.29) is 37.5 Å². The number of hydrogen-bond acceptors (Lipinski definition) is 7. The molecule has 0 aliphatic carbocycles. The lowest BCUT2D eigenvalue weighted by Crippen LogP contribution is -2.37. The number of carbonyl (C=O) groups excluding carboxylic acids is 3. The molecule has 2 rings (SSSR count). The summed E-state index contributed by atoms with van der Waals surface area (Å²) in [7, 11) is -4.05. The van der Waals surface area contributed by atoms with E-state index in [1.807, 2.05) is 64.1 Å². The highest BCUT2D eigenvalue weighted by atomic mass is 32.2. The van der Waals surface area contributed by atoms with Crippen molar-refractivity contribution in [3.05, 3.63) is 64.7 Å². The van der Waals surface area contributed by atoms with Gasteiger partial charge in [0.1, 0.15) is 11.8 Å². The van der Waals surface area contributed by atoms with Crippen molar-refractivity contribution in [2.75, 3.05) is 12.3 Å². The molecule has 1 amide bonds. The first-order valence-electron chi connectivity index (χ1n) is 12.5. The fraction of sp³-hybridized carbons (Fsp3) is 0.464. The third-order valence-corrected chi connectivity index (χ3v) is 6.93. The van der Waals surface area contributed by atoms with E-state index in [4.69, 9.17) is 15.0 Å². The fourth-order valence-electron chi connectivity index (χ4n) is 4.46. The Labute approximate surface area is 224 Å². The summed E-state index contributed by atoms with van der Waals surface area (Å²) in [4.78, 5) is 37.7. The molecule has 0 heterocycles. The Bertz CT molecular complexity index is 1240. The van der Waals surface area contributed by atoms with Crippen molar-refractivity contribution in [2.45, 2.75) is 71.3 Å². The topological polar surface area (TPSA) is 153 Å². The van der Waals surface area contributed by atoms with Gasteiger partial charge in [0.15, 0.2) is 5.78 Å². The normalized spacial score (nSPS) is 12.6. The van der Waals surface area contributed by atoms with Gasteiger partial charge in [-0.25, -0.2) is 4.79 Å². The van der Waals surface area contributed by atoms with Gasteiger partial charge < -0.3 is 15.8 Å². The molecular weight excluding hydrogens is 508 g/mol. The molecular formula is C28H38N2O7S. The first kappa shape index (κ1) is 31.1. The molecule has 0 saturated heterocycles. The van der Waals surface area contributed by atoms with Crippen LogP contribution in [0.5, 0.6) is 5.75 Å². The number of amides is 1.